The zero-order chi connectivity index (χ0) is 37.2. The molecule has 0 saturated carbocycles. The van der Waals surface area contributed by atoms with E-state index in [-0.39, 0.29) is 38.8 Å². The third kappa shape index (κ3) is 8.46. The van der Waals surface area contributed by atoms with E-state index in [1.54, 1.807) is 25.1 Å². The number of halogens is 3. The van der Waals surface area contributed by atoms with Crippen molar-refractivity contribution in [2.24, 2.45) is 5.41 Å². The number of alkyl halides is 3. The van der Waals surface area contributed by atoms with E-state index < -0.39 is 29.3 Å². The van der Waals surface area contributed by atoms with E-state index >= 15 is 0 Å². The number of amides is 2. The number of ether oxygens (including phenoxy) is 1. The van der Waals surface area contributed by atoms with Gasteiger partial charge in [0.05, 0.1) is 18.7 Å². The molecule has 5 heterocycles. The molecule has 0 radical (unpaired) electrons. The molecule has 0 unspecified atom stereocenters. The van der Waals surface area contributed by atoms with Crippen LogP contribution in [-0.4, -0.2) is 100 Å². The summed E-state index contributed by atoms with van der Waals surface area (Å²) in [5, 5.41) is 16.4. The van der Waals surface area contributed by atoms with Crippen molar-refractivity contribution >= 4 is 40.1 Å². The van der Waals surface area contributed by atoms with Gasteiger partial charge in [0, 0.05) is 79.6 Å². The third-order valence-electron chi connectivity index (χ3n) is 9.36. The maximum absolute atomic E-state index is 13.7. The maximum Gasteiger partial charge on any atom is 0.434 e. The summed E-state index contributed by atoms with van der Waals surface area (Å²) in [7, 11) is 0. The molecule has 2 saturated heterocycles. The number of hydrogen-bond donors (Lipinski definition) is 3. The molecule has 4 aromatic rings. The van der Waals surface area contributed by atoms with Gasteiger partial charge in [0.1, 0.15) is 16.4 Å². The number of anilines is 1. The average molecular weight is 742 g/mol. The molecule has 0 aliphatic carbocycles. The van der Waals surface area contributed by atoms with Crippen LogP contribution in [0.2, 0.25) is 0 Å². The topological polar surface area (TPSA) is 142 Å². The first kappa shape index (κ1) is 37.4. The van der Waals surface area contributed by atoms with E-state index in [1.807, 2.05) is 4.57 Å². The number of carbonyl (C=O) groups excluding carboxylic acids is 1. The van der Waals surface area contributed by atoms with Gasteiger partial charge in [0.2, 0.25) is 5.43 Å². The monoisotopic (exact) mass is 741 g/mol. The Kier molecular flexibility index (Phi) is 11.0. The van der Waals surface area contributed by atoms with Gasteiger partial charge in [-0.1, -0.05) is 19.9 Å². The van der Waals surface area contributed by atoms with Crippen molar-refractivity contribution in [3.8, 4) is 21.7 Å². The minimum absolute atomic E-state index is 0.000857. The van der Waals surface area contributed by atoms with E-state index in [4.69, 9.17) is 4.74 Å². The number of aromatic nitrogens is 3. The number of fused-ring (bicyclic) bond motifs is 1. The first-order valence-corrected chi connectivity index (χ1v) is 18.1. The second kappa shape index (κ2) is 15.3. The number of rotatable bonds is 10. The summed E-state index contributed by atoms with van der Waals surface area (Å²) in [4.78, 5) is 51.3. The molecule has 52 heavy (non-hydrogen) atoms. The van der Waals surface area contributed by atoms with Crippen LogP contribution in [0.25, 0.3) is 32.6 Å². The summed E-state index contributed by atoms with van der Waals surface area (Å²) in [6, 6.07) is 5.82. The molecule has 1 aromatic carbocycles. The molecule has 2 aliphatic heterocycles. The standard InChI is InChI=1S/C36H42F3N7O5S/c1-4-40-34(50)43-30-15-24(32-42-29(19-52-32)36(37,38)39)26(16-41-30)22-7-8-28-25(14-22)31(47)27(33(48)49)18-46(28)23-6-5-9-45(17-23)21-35(2,3)20-44-10-12-51-13-11-44/h7-8,14-16,18-19,23H,4-6,9-13,17,20-21H2,1-3H3,(H,48,49)(H2,40,41,43,50)/t23-/m1/s1. The summed E-state index contributed by atoms with van der Waals surface area (Å²) in [6.07, 6.45) is -0.157. The molecule has 12 nitrogen and oxygen atoms in total. The smallest absolute Gasteiger partial charge is 0.434 e. The highest BCUT2D eigenvalue weighted by molar-refractivity contribution is 7.13. The summed E-state index contributed by atoms with van der Waals surface area (Å²) >= 11 is 0.780. The van der Waals surface area contributed by atoms with Crippen LogP contribution in [0.5, 0.6) is 0 Å². The second-order valence-electron chi connectivity index (χ2n) is 14.0. The number of carboxylic acids is 1. The molecule has 2 amide bonds. The number of nitrogens with zero attached hydrogens (tertiary/aromatic N) is 5. The fourth-order valence-electron chi connectivity index (χ4n) is 7.18. The molecular weight excluding hydrogens is 700 g/mol. The van der Waals surface area contributed by atoms with Gasteiger partial charge in [-0.05, 0) is 55.5 Å². The fraction of sp³-hybridized carbons (Fsp3) is 0.472. The highest BCUT2D eigenvalue weighted by atomic mass is 32.1. The zero-order valence-corrected chi connectivity index (χ0v) is 30.1. The molecule has 0 spiro atoms. The van der Waals surface area contributed by atoms with E-state index in [9.17, 15) is 32.7 Å². The fourth-order valence-corrected chi connectivity index (χ4v) is 8.04. The van der Waals surface area contributed by atoms with Crippen LogP contribution in [0.4, 0.5) is 23.8 Å². The Morgan fingerprint density at radius 2 is 1.83 bits per heavy atom. The van der Waals surface area contributed by atoms with Gasteiger partial charge >= 0.3 is 18.2 Å². The average Bonchev–Trinajstić information content (AvgIpc) is 3.60. The normalized spacial score (nSPS) is 17.7. The number of benzene rings is 1. The number of thiazole rings is 1. The lowest BCUT2D eigenvalue weighted by molar-refractivity contribution is -0.140. The van der Waals surface area contributed by atoms with Crippen LogP contribution in [0.1, 0.15) is 55.7 Å². The number of nitrogens with one attached hydrogen (secondary N) is 2. The number of urea groups is 1. The van der Waals surface area contributed by atoms with Crippen molar-refractivity contribution in [3.05, 3.63) is 63.5 Å². The predicted octanol–water partition coefficient (Wildman–Crippen LogP) is 6.04. The molecule has 3 aromatic heterocycles. The predicted molar refractivity (Wildman–Crippen MR) is 193 cm³/mol. The van der Waals surface area contributed by atoms with Gasteiger partial charge in [-0.2, -0.15) is 13.2 Å². The quantitative estimate of drug-likeness (QED) is 0.177. The number of hydrogen-bond acceptors (Lipinski definition) is 9. The number of morpholine rings is 1. The molecule has 6 rings (SSSR count). The minimum Gasteiger partial charge on any atom is -0.477 e. The highest BCUT2D eigenvalue weighted by Gasteiger charge is 2.34. The summed E-state index contributed by atoms with van der Waals surface area (Å²) < 4.78 is 48.1. The van der Waals surface area contributed by atoms with Crippen molar-refractivity contribution < 1.29 is 32.6 Å². The maximum atomic E-state index is 13.7. The Morgan fingerprint density at radius 1 is 1.08 bits per heavy atom. The van der Waals surface area contributed by atoms with Crippen LogP contribution < -0.4 is 16.1 Å². The van der Waals surface area contributed by atoms with Crippen LogP contribution >= 0.6 is 11.3 Å². The van der Waals surface area contributed by atoms with Gasteiger partial charge in [-0.25, -0.2) is 19.6 Å². The van der Waals surface area contributed by atoms with E-state index in [1.165, 1.54) is 18.5 Å². The van der Waals surface area contributed by atoms with Gasteiger partial charge in [0.15, 0.2) is 5.69 Å². The third-order valence-corrected chi connectivity index (χ3v) is 10.2. The lowest BCUT2D eigenvalue weighted by Gasteiger charge is -2.41. The van der Waals surface area contributed by atoms with Crippen LogP contribution in [0.15, 0.2) is 46.8 Å². The van der Waals surface area contributed by atoms with Crippen LogP contribution in [0, 0.1) is 5.41 Å². The Morgan fingerprint density at radius 3 is 2.52 bits per heavy atom. The van der Waals surface area contributed by atoms with Crippen molar-refractivity contribution in [3.63, 3.8) is 0 Å². The molecule has 16 heteroatoms. The van der Waals surface area contributed by atoms with Crippen LogP contribution in [0.3, 0.4) is 0 Å². The van der Waals surface area contributed by atoms with Crippen molar-refractivity contribution in [1.82, 2.24) is 29.7 Å². The summed E-state index contributed by atoms with van der Waals surface area (Å²) in [6.45, 7) is 13.2. The highest BCUT2D eigenvalue weighted by Crippen LogP contribution is 2.39. The van der Waals surface area contributed by atoms with Gasteiger partial charge in [-0.3, -0.25) is 15.0 Å². The Bertz CT molecular complexity index is 2010. The van der Waals surface area contributed by atoms with Crippen molar-refractivity contribution in [1.29, 1.82) is 0 Å². The molecule has 2 aliphatic rings. The number of piperidine rings is 1. The first-order valence-electron chi connectivity index (χ1n) is 17.3. The SMILES string of the molecule is CCNC(=O)Nc1cc(-c2nc(C(F)(F)F)cs2)c(-c2ccc3c(c2)c(=O)c(C(=O)O)cn3[C@@H]2CCCN(CC(C)(C)CN3CCOCC3)C2)cn1. The number of carboxylic acid groups (broad SMARTS) is 1. The lowest BCUT2D eigenvalue weighted by atomic mass is 9.90. The van der Waals surface area contributed by atoms with Gasteiger partial charge < -0.3 is 24.6 Å². The zero-order valence-electron chi connectivity index (χ0n) is 29.3. The van der Waals surface area contributed by atoms with Crippen molar-refractivity contribution in [2.75, 3.05) is 64.3 Å². The Hall–Kier alpha value is -4.38. The van der Waals surface area contributed by atoms with Crippen LogP contribution in [-0.2, 0) is 10.9 Å². The molecule has 1 atom stereocenters. The molecule has 3 N–H and O–H groups in total. The summed E-state index contributed by atoms with van der Waals surface area (Å²) in [5.74, 6) is -1.27. The minimum atomic E-state index is -4.67. The Balaban J connectivity index is 1.37. The molecule has 0 bridgehead atoms. The molecule has 278 valence electrons. The summed E-state index contributed by atoms with van der Waals surface area (Å²) in [5.41, 5.74) is -0.529. The number of aromatic carboxylic acids is 1. The largest absolute Gasteiger partial charge is 0.477 e. The second-order valence-corrected chi connectivity index (χ2v) is 14.9. The van der Waals surface area contributed by atoms with E-state index in [0.717, 1.165) is 75.5 Å². The van der Waals surface area contributed by atoms with E-state index in [2.05, 4.69) is 44.2 Å². The molecule has 2 fully saturated rings. The van der Waals surface area contributed by atoms with Gasteiger partial charge in [0.25, 0.3) is 0 Å². The number of likely N-dealkylation sites (tertiary alicyclic amines) is 1. The Labute approximate surface area is 302 Å². The number of pyridine rings is 2. The van der Waals surface area contributed by atoms with Crippen molar-refractivity contribution in [2.45, 2.75) is 45.8 Å². The van der Waals surface area contributed by atoms with E-state index in [0.29, 0.717) is 29.7 Å². The first-order chi connectivity index (χ1) is 24.7. The van der Waals surface area contributed by atoms with Gasteiger partial charge in [-0.15, -0.1) is 11.3 Å². The number of carbonyl (C=O) groups is 2. The molecular formula is C36H42F3N7O5S. The lowest BCUT2D eigenvalue weighted by Crippen LogP contribution is -2.48.